The van der Waals surface area contributed by atoms with Gasteiger partial charge in [-0.1, -0.05) is 42.5 Å². The highest BCUT2D eigenvalue weighted by molar-refractivity contribution is 5.97. The van der Waals surface area contributed by atoms with Gasteiger partial charge in [-0.3, -0.25) is 4.79 Å². The zero-order chi connectivity index (χ0) is 11.5. The lowest BCUT2D eigenvalue weighted by atomic mass is 9.95. The van der Waals surface area contributed by atoms with Crippen LogP contribution in [0.3, 0.4) is 0 Å². The largest absolute Gasteiger partial charge is 0.468 e. The fourth-order valence-electron chi connectivity index (χ4n) is 1.82. The second kappa shape index (κ2) is 4.35. The normalized spacial score (nSPS) is 10.7. The molecule has 0 unspecified atom stereocenters. The van der Waals surface area contributed by atoms with E-state index < -0.39 is 0 Å². The maximum atomic E-state index is 11.5. The molecule has 0 aliphatic rings. The summed E-state index contributed by atoms with van der Waals surface area (Å²) in [6.07, 6.45) is 0. The van der Waals surface area contributed by atoms with Crippen molar-refractivity contribution in [3.8, 4) is 0 Å². The smallest absolute Gasteiger partial charge is 0.317 e. The molecular formula is C14H13O2. The molecule has 0 spiro atoms. The first-order valence-corrected chi connectivity index (χ1v) is 5.14. The molecule has 2 heteroatoms. The summed E-state index contributed by atoms with van der Waals surface area (Å²) in [4.78, 5) is 11.5. The van der Waals surface area contributed by atoms with Crippen LogP contribution in [0.1, 0.15) is 12.5 Å². The third-order valence-electron chi connectivity index (χ3n) is 2.69. The molecule has 0 saturated carbocycles. The zero-order valence-electron chi connectivity index (χ0n) is 9.36. The number of carbonyl (C=O) groups is 1. The number of hydrogen-bond donors (Lipinski definition) is 0. The maximum absolute atomic E-state index is 11.5. The van der Waals surface area contributed by atoms with Gasteiger partial charge in [0.1, 0.15) is 5.92 Å². The Kier molecular flexibility index (Phi) is 2.91. The number of ether oxygens (including phenoxy) is 1. The number of esters is 1. The van der Waals surface area contributed by atoms with E-state index >= 15 is 0 Å². The SMILES string of the molecule is COC(=O)[C](C)c1cccc2ccccc12. The molecule has 16 heavy (non-hydrogen) atoms. The molecule has 2 rings (SSSR count). The molecule has 0 aliphatic carbocycles. The van der Waals surface area contributed by atoms with Crippen LogP contribution in [0.4, 0.5) is 0 Å². The van der Waals surface area contributed by atoms with Crippen LogP contribution in [0.2, 0.25) is 0 Å². The summed E-state index contributed by atoms with van der Waals surface area (Å²) >= 11 is 0. The van der Waals surface area contributed by atoms with Gasteiger partial charge in [0, 0.05) is 0 Å². The lowest BCUT2D eigenvalue weighted by Crippen LogP contribution is -2.11. The third-order valence-corrected chi connectivity index (χ3v) is 2.69. The van der Waals surface area contributed by atoms with E-state index in [1.54, 1.807) is 6.92 Å². The monoisotopic (exact) mass is 213 g/mol. The Morgan fingerprint density at radius 2 is 1.75 bits per heavy atom. The molecule has 0 atom stereocenters. The summed E-state index contributed by atoms with van der Waals surface area (Å²) in [5, 5.41) is 2.20. The first-order valence-electron chi connectivity index (χ1n) is 5.14. The molecule has 0 fully saturated rings. The molecule has 2 nitrogen and oxygen atoms in total. The Morgan fingerprint density at radius 3 is 2.50 bits per heavy atom. The topological polar surface area (TPSA) is 26.3 Å². The Balaban J connectivity index is 2.56. The van der Waals surface area contributed by atoms with Gasteiger partial charge in [0.05, 0.1) is 7.11 Å². The molecule has 81 valence electrons. The van der Waals surface area contributed by atoms with Crippen molar-refractivity contribution in [2.45, 2.75) is 6.92 Å². The van der Waals surface area contributed by atoms with E-state index in [0.717, 1.165) is 16.3 Å². The summed E-state index contributed by atoms with van der Waals surface area (Å²) < 4.78 is 4.74. The van der Waals surface area contributed by atoms with Crippen LogP contribution < -0.4 is 0 Å². The number of fused-ring (bicyclic) bond motifs is 1. The number of carbonyl (C=O) groups excluding carboxylic acids is 1. The van der Waals surface area contributed by atoms with Crippen molar-refractivity contribution < 1.29 is 9.53 Å². The molecule has 0 saturated heterocycles. The first kappa shape index (κ1) is 10.7. The van der Waals surface area contributed by atoms with E-state index in [4.69, 9.17) is 4.74 Å². The van der Waals surface area contributed by atoms with Crippen LogP contribution in [0.15, 0.2) is 42.5 Å². The van der Waals surface area contributed by atoms with Crippen molar-refractivity contribution in [1.29, 1.82) is 0 Å². The minimum atomic E-state index is -0.281. The summed E-state index contributed by atoms with van der Waals surface area (Å²) in [7, 11) is 1.40. The number of rotatable bonds is 2. The van der Waals surface area contributed by atoms with Gasteiger partial charge in [-0.05, 0) is 23.3 Å². The van der Waals surface area contributed by atoms with Crippen LogP contribution in [0.25, 0.3) is 10.8 Å². The minimum absolute atomic E-state index is 0.281. The predicted octanol–water partition coefficient (Wildman–Crippen LogP) is 2.96. The van der Waals surface area contributed by atoms with E-state index in [1.165, 1.54) is 7.11 Å². The Hall–Kier alpha value is -1.83. The molecule has 1 radical (unpaired) electrons. The average Bonchev–Trinajstić information content (AvgIpc) is 2.36. The highest BCUT2D eigenvalue weighted by Gasteiger charge is 2.18. The summed E-state index contributed by atoms with van der Waals surface area (Å²) in [6, 6.07) is 13.9. The molecule has 0 N–H and O–H groups in total. The highest BCUT2D eigenvalue weighted by Crippen LogP contribution is 2.25. The van der Waals surface area contributed by atoms with Gasteiger partial charge in [-0.2, -0.15) is 0 Å². The van der Waals surface area contributed by atoms with Crippen molar-refractivity contribution >= 4 is 16.7 Å². The standard InChI is InChI=1S/C14H13O2/c1-10(14(15)16-2)12-9-5-7-11-6-3-4-8-13(11)12/h3-9H,1-2H3. The second-order valence-corrected chi connectivity index (χ2v) is 3.64. The van der Waals surface area contributed by atoms with Gasteiger partial charge in [-0.15, -0.1) is 0 Å². The molecule has 0 aliphatic heterocycles. The fraction of sp³-hybridized carbons (Fsp3) is 0.143. The predicted molar refractivity (Wildman–Crippen MR) is 64.0 cm³/mol. The maximum Gasteiger partial charge on any atom is 0.317 e. The van der Waals surface area contributed by atoms with Crippen molar-refractivity contribution in [3.05, 3.63) is 53.9 Å². The Morgan fingerprint density at radius 1 is 1.06 bits per heavy atom. The third kappa shape index (κ3) is 1.78. The molecule has 2 aromatic rings. The van der Waals surface area contributed by atoms with Gasteiger partial charge in [-0.25, -0.2) is 0 Å². The van der Waals surface area contributed by atoms with E-state index in [1.807, 2.05) is 42.5 Å². The van der Waals surface area contributed by atoms with E-state index in [-0.39, 0.29) is 5.97 Å². The van der Waals surface area contributed by atoms with Crippen molar-refractivity contribution in [2.75, 3.05) is 7.11 Å². The zero-order valence-corrected chi connectivity index (χ0v) is 9.36. The number of hydrogen-bond acceptors (Lipinski definition) is 2. The number of methoxy groups -OCH3 is 1. The fourth-order valence-corrected chi connectivity index (χ4v) is 1.82. The van der Waals surface area contributed by atoms with Gasteiger partial charge in [0.25, 0.3) is 0 Å². The van der Waals surface area contributed by atoms with Crippen molar-refractivity contribution in [2.24, 2.45) is 0 Å². The number of benzene rings is 2. The van der Waals surface area contributed by atoms with Crippen LogP contribution in [-0.2, 0) is 9.53 Å². The van der Waals surface area contributed by atoms with Crippen molar-refractivity contribution in [3.63, 3.8) is 0 Å². The van der Waals surface area contributed by atoms with Crippen molar-refractivity contribution in [1.82, 2.24) is 0 Å². The summed E-state index contributed by atoms with van der Waals surface area (Å²) in [6.45, 7) is 1.79. The summed E-state index contributed by atoms with van der Waals surface area (Å²) in [5.41, 5.74) is 0.935. The van der Waals surface area contributed by atoms with Crippen LogP contribution >= 0.6 is 0 Å². The minimum Gasteiger partial charge on any atom is -0.468 e. The molecular weight excluding hydrogens is 200 g/mol. The highest BCUT2D eigenvalue weighted by atomic mass is 16.5. The molecule has 0 aromatic heterocycles. The van der Waals surface area contributed by atoms with Gasteiger partial charge in [0.15, 0.2) is 0 Å². The molecule has 0 heterocycles. The van der Waals surface area contributed by atoms with Crippen LogP contribution in [-0.4, -0.2) is 13.1 Å². The average molecular weight is 213 g/mol. The molecule has 0 amide bonds. The van der Waals surface area contributed by atoms with Gasteiger partial charge < -0.3 is 4.74 Å². The molecule has 2 aromatic carbocycles. The van der Waals surface area contributed by atoms with E-state index in [2.05, 4.69) is 0 Å². The molecule has 0 bridgehead atoms. The Bertz CT molecular complexity index is 512. The van der Waals surface area contributed by atoms with Crippen LogP contribution in [0.5, 0.6) is 0 Å². The Labute approximate surface area is 94.8 Å². The van der Waals surface area contributed by atoms with Crippen LogP contribution in [0, 0.1) is 5.92 Å². The van der Waals surface area contributed by atoms with Gasteiger partial charge in [0.2, 0.25) is 0 Å². The van der Waals surface area contributed by atoms with E-state index in [9.17, 15) is 4.79 Å². The summed E-state index contributed by atoms with van der Waals surface area (Å²) in [5.74, 6) is 0.357. The quantitative estimate of drug-likeness (QED) is 0.717. The van der Waals surface area contributed by atoms with Gasteiger partial charge >= 0.3 is 5.97 Å². The van der Waals surface area contributed by atoms with E-state index in [0.29, 0.717) is 5.92 Å². The lowest BCUT2D eigenvalue weighted by molar-refractivity contribution is -0.137. The first-order chi connectivity index (χ1) is 7.74. The lowest BCUT2D eigenvalue weighted by Gasteiger charge is -2.11. The second-order valence-electron chi connectivity index (χ2n) is 3.64.